The van der Waals surface area contributed by atoms with Crippen LogP contribution < -0.4 is 0 Å². The number of thiazole rings is 1. The van der Waals surface area contributed by atoms with Gasteiger partial charge in [0, 0.05) is 24.3 Å². The first kappa shape index (κ1) is 14.4. The van der Waals surface area contributed by atoms with Crippen molar-refractivity contribution in [3.05, 3.63) is 46.2 Å². The van der Waals surface area contributed by atoms with Crippen molar-refractivity contribution >= 4 is 28.6 Å². The highest BCUT2D eigenvalue weighted by molar-refractivity contribution is 7.09. The lowest BCUT2D eigenvalue weighted by atomic mass is 10.2. The summed E-state index contributed by atoms with van der Waals surface area (Å²) in [6.07, 6.45) is 1.66. The van der Waals surface area contributed by atoms with E-state index in [0.717, 1.165) is 27.6 Å². The summed E-state index contributed by atoms with van der Waals surface area (Å²) in [5, 5.41) is 12.0. The lowest BCUT2D eigenvalue weighted by Crippen LogP contribution is -2.00. The summed E-state index contributed by atoms with van der Waals surface area (Å²) >= 11 is 1.49. The van der Waals surface area contributed by atoms with Crippen LogP contribution in [-0.2, 0) is 13.6 Å². The van der Waals surface area contributed by atoms with Crippen LogP contribution in [0.15, 0.2) is 34.6 Å². The smallest absolute Gasteiger partial charge is 0.133 e. The molecule has 0 radical (unpaired) electrons. The van der Waals surface area contributed by atoms with E-state index in [1.54, 1.807) is 6.21 Å². The number of aliphatic imine (C=N–C) groups is 1. The van der Waals surface area contributed by atoms with Crippen LogP contribution in [0.2, 0.25) is 0 Å². The maximum Gasteiger partial charge on any atom is 0.133 e. The SMILES string of the molecule is Cc1csc([C@H](C#N)C=NCc2nc3ccccc3n2C)n1. The van der Waals surface area contributed by atoms with E-state index in [0.29, 0.717) is 6.54 Å². The molecule has 0 saturated heterocycles. The van der Waals surface area contributed by atoms with E-state index >= 15 is 0 Å². The van der Waals surface area contributed by atoms with Gasteiger partial charge in [-0.1, -0.05) is 12.1 Å². The van der Waals surface area contributed by atoms with Crippen molar-refractivity contribution in [2.75, 3.05) is 0 Å². The van der Waals surface area contributed by atoms with E-state index in [1.807, 2.05) is 48.2 Å². The second kappa shape index (κ2) is 6.08. The third kappa shape index (κ3) is 2.76. The summed E-state index contributed by atoms with van der Waals surface area (Å²) in [6.45, 7) is 2.37. The molecule has 0 bridgehead atoms. The van der Waals surface area contributed by atoms with Gasteiger partial charge >= 0.3 is 0 Å². The highest BCUT2D eigenvalue weighted by atomic mass is 32.1. The number of nitriles is 1. The monoisotopic (exact) mass is 309 g/mol. The van der Waals surface area contributed by atoms with Gasteiger partial charge in [0.2, 0.25) is 0 Å². The molecule has 3 rings (SSSR count). The molecular formula is C16H15N5S. The van der Waals surface area contributed by atoms with E-state index in [9.17, 15) is 5.26 Å². The summed E-state index contributed by atoms with van der Waals surface area (Å²) in [5.41, 5.74) is 2.98. The molecule has 1 aromatic carbocycles. The number of nitrogens with zero attached hydrogens (tertiary/aromatic N) is 5. The van der Waals surface area contributed by atoms with Crippen LogP contribution in [0.3, 0.4) is 0 Å². The molecular weight excluding hydrogens is 294 g/mol. The van der Waals surface area contributed by atoms with Crippen LogP contribution in [0, 0.1) is 18.3 Å². The van der Waals surface area contributed by atoms with Crippen LogP contribution >= 0.6 is 11.3 Å². The van der Waals surface area contributed by atoms with Gasteiger partial charge < -0.3 is 4.57 Å². The Morgan fingerprint density at radius 2 is 2.23 bits per heavy atom. The summed E-state index contributed by atoms with van der Waals surface area (Å²) in [5.74, 6) is 0.484. The van der Waals surface area contributed by atoms with E-state index in [-0.39, 0.29) is 0 Å². The van der Waals surface area contributed by atoms with Crippen LogP contribution in [0.4, 0.5) is 0 Å². The lowest BCUT2D eigenvalue weighted by molar-refractivity contribution is 0.813. The molecule has 1 atom stereocenters. The van der Waals surface area contributed by atoms with Gasteiger partial charge in [-0.05, 0) is 19.1 Å². The Kier molecular flexibility index (Phi) is 3.98. The first-order chi connectivity index (χ1) is 10.7. The molecule has 0 unspecified atom stereocenters. The molecule has 0 spiro atoms. The zero-order valence-corrected chi connectivity index (χ0v) is 13.2. The number of aromatic nitrogens is 3. The zero-order valence-electron chi connectivity index (χ0n) is 12.4. The Balaban J connectivity index is 1.78. The maximum absolute atomic E-state index is 9.26. The van der Waals surface area contributed by atoms with Crippen molar-refractivity contribution in [1.29, 1.82) is 5.26 Å². The molecule has 5 nitrogen and oxygen atoms in total. The quantitative estimate of drug-likeness (QED) is 0.695. The fourth-order valence-corrected chi connectivity index (χ4v) is 3.04. The van der Waals surface area contributed by atoms with Crippen molar-refractivity contribution in [2.45, 2.75) is 19.4 Å². The first-order valence-electron chi connectivity index (χ1n) is 6.91. The van der Waals surface area contributed by atoms with Crippen LogP contribution in [0.5, 0.6) is 0 Å². The molecule has 0 aliphatic heterocycles. The number of rotatable bonds is 4. The molecule has 22 heavy (non-hydrogen) atoms. The van der Waals surface area contributed by atoms with Gasteiger partial charge in [0.25, 0.3) is 0 Å². The minimum absolute atomic E-state index is 0.395. The highest BCUT2D eigenvalue weighted by Gasteiger charge is 2.12. The summed E-state index contributed by atoms with van der Waals surface area (Å²) in [7, 11) is 1.98. The van der Waals surface area contributed by atoms with E-state index in [4.69, 9.17) is 0 Å². The third-order valence-electron chi connectivity index (χ3n) is 3.41. The molecule has 2 heterocycles. The molecule has 3 aromatic rings. The van der Waals surface area contributed by atoms with Crippen LogP contribution in [0.25, 0.3) is 11.0 Å². The zero-order chi connectivity index (χ0) is 15.5. The Hall–Kier alpha value is -2.52. The number of hydrogen-bond acceptors (Lipinski definition) is 5. The largest absolute Gasteiger partial charge is 0.330 e. The second-order valence-corrected chi connectivity index (χ2v) is 5.89. The fraction of sp³-hybridized carbons (Fsp3) is 0.250. The average Bonchev–Trinajstić information content (AvgIpc) is 3.09. The van der Waals surface area contributed by atoms with Gasteiger partial charge in [-0.25, -0.2) is 9.97 Å². The third-order valence-corrected chi connectivity index (χ3v) is 4.45. The Morgan fingerprint density at radius 1 is 1.41 bits per heavy atom. The minimum atomic E-state index is -0.395. The Morgan fingerprint density at radius 3 is 2.91 bits per heavy atom. The normalized spacial score (nSPS) is 12.8. The number of benzene rings is 1. The van der Waals surface area contributed by atoms with Gasteiger partial charge in [-0.3, -0.25) is 4.99 Å². The van der Waals surface area contributed by atoms with Gasteiger partial charge in [0.1, 0.15) is 16.7 Å². The van der Waals surface area contributed by atoms with Crippen molar-refractivity contribution in [2.24, 2.45) is 12.0 Å². The molecule has 0 aliphatic carbocycles. The molecule has 0 amide bonds. The number of para-hydroxylation sites is 2. The second-order valence-electron chi connectivity index (χ2n) is 5.00. The van der Waals surface area contributed by atoms with Gasteiger partial charge in [-0.2, -0.15) is 5.26 Å². The van der Waals surface area contributed by atoms with Gasteiger partial charge in [0.05, 0.1) is 23.6 Å². The summed E-state index contributed by atoms with van der Waals surface area (Å²) < 4.78 is 2.03. The number of aryl methyl sites for hydroxylation is 2. The molecule has 0 fully saturated rings. The lowest BCUT2D eigenvalue weighted by Gasteiger charge is -2.00. The predicted octanol–water partition coefficient (Wildman–Crippen LogP) is 3.22. The Labute approximate surface area is 132 Å². The standard InChI is InChI=1S/C16H15N5S/c1-11-10-22-16(19-11)12(7-17)8-18-9-15-20-13-5-3-4-6-14(13)21(15)2/h3-6,8,10,12H,9H2,1-2H3/t12-/m1/s1. The molecule has 0 N–H and O–H groups in total. The molecule has 2 aromatic heterocycles. The van der Waals surface area contributed by atoms with E-state index in [1.165, 1.54) is 11.3 Å². The molecule has 0 saturated carbocycles. The highest BCUT2D eigenvalue weighted by Crippen LogP contribution is 2.19. The predicted molar refractivity (Wildman–Crippen MR) is 88.1 cm³/mol. The van der Waals surface area contributed by atoms with Crippen LogP contribution in [0.1, 0.15) is 22.4 Å². The molecule has 110 valence electrons. The molecule has 0 aliphatic rings. The molecule has 6 heteroatoms. The first-order valence-corrected chi connectivity index (χ1v) is 7.79. The van der Waals surface area contributed by atoms with Crippen molar-refractivity contribution in [3.8, 4) is 6.07 Å². The van der Waals surface area contributed by atoms with Crippen molar-refractivity contribution < 1.29 is 0 Å². The minimum Gasteiger partial charge on any atom is -0.330 e. The van der Waals surface area contributed by atoms with Crippen molar-refractivity contribution in [3.63, 3.8) is 0 Å². The van der Waals surface area contributed by atoms with Crippen LogP contribution in [-0.4, -0.2) is 20.7 Å². The fourth-order valence-electron chi connectivity index (χ4n) is 2.24. The summed E-state index contributed by atoms with van der Waals surface area (Å²) in [4.78, 5) is 13.3. The Bertz CT molecular complexity index is 868. The number of imidazole rings is 1. The van der Waals surface area contributed by atoms with Crippen molar-refractivity contribution in [1.82, 2.24) is 14.5 Å². The van der Waals surface area contributed by atoms with Gasteiger partial charge in [0.15, 0.2) is 0 Å². The average molecular weight is 309 g/mol. The number of fused-ring (bicyclic) bond motifs is 1. The van der Waals surface area contributed by atoms with E-state index < -0.39 is 5.92 Å². The topological polar surface area (TPSA) is 66.9 Å². The number of hydrogen-bond donors (Lipinski definition) is 0. The van der Waals surface area contributed by atoms with E-state index in [2.05, 4.69) is 21.0 Å². The summed E-state index contributed by atoms with van der Waals surface area (Å²) in [6, 6.07) is 10.2. The maximum atomic E-state index is 9.26. The van der Waals surface area contributed by atoms with Gasteiger partial charge in [-0.15, -0.1) is 11.3 Å².